The highest BCUT2D eigenvalue weighted by Gasteiger charge is 2.33. The Morgan fingerprint density at radius 3 is 2.48 bits per heavy atom. The van der Waals surface area contributed by atoms with Crippen LogP contribution in [-0.4, -0.2) is 17.0 Å². The average Bonchev–Trinajstić information content (AvgIpc) is 2.46. The number of nitrogens with zero attached hydrogens (tertiary/aromatic N) is 2. The van der Waals surface area contributed by atoms with Gasteiger partial charge in [-0.3, -0.25) is 0 Å². The number of aryl methyl sites for hydroxylation is 1. The third kappa shape index (κ3) is 3.51. The van der Waals surface area contributed by atoms with E-state index in [-0.39, 0.29) is 11.3 Å². The van der Waals surface area contributed by atoms with Crippen LogP contribution in [0.15, 0.2) is 30.3 Å². The van der Waals surface area contributed by atoms with Gasteiger partial charge < -0.3 is 5.32 Å². The Morgan fingerprint density at radius 2 is 1.86 bits per heavy atom. The molecular formula is C15H16F3N3. The molecule has 2 rings (SSSR count). The summed E-state index contributed by atoms with van der Waals surface area (Å²) < 4.78 is 39.3. The fourth-order valence-corrected chi connectivity index (χ4v) is 2.05. The summed E-state index contributed by atoms with van der Waals surface area (Å²) in [7, 11) is 1.68. The molecule has 0 bridgehead atoms. The molecule has 3 nitrogen and oxygen atoms in total. The van der Waals surface area contributed by atoms with E-state index >= 15 is 0 Å². The van der Waals surface area contributed by atoms with Crippen LogP contribution in [0.5, 0.6) is 0 Å². The first-order chi connectivity index (χ1) is 9.95. The lowest BCUT2D eigenvalue weighted by Crippen LogP contribution is -2.08. The molecule has 0 aliphatic heterocycles. The second kappa shape index (κ2) is 6.11. The molecule has 6 heteroatoms. The van der Waals surface area contributed by atoms with E-state index in [4.69, 9.17) is 0 Å². The van der Waals surface area contributed by atoms with E-state index in [0.29, 0.717) is 18.1 Å². The number of hydrogen-bond donors (Lipinski definition) is 1. The quantitative estimate of drug-likeness (QED) is 0.920. The smallest absolute Gasteiger partial charge is 0.373 e. The minimum Gasteiger partial charge on any atom is -0.373 e. The molecule has 0 spiro atoms. The first kappa shape index (κ1) is 15.3. The Morgan fingerprint density at radius 1 is 1.14 bits per heavy atom. The minimum absolute atomic E-state index is 0.0706. The molecule has 0 fully saturated rings. The highest BCUT2D eigenvalue weighted by molar-refractivity contribution is 5.67. The van der Waals surface area contributed by atoms with Gasteiger partial charge in [-0.15, -0.1) is 0 Å². The third-order valence-corrected chi connectivity index (χ3v) is 3.01. The van der Waals surface area contributed by atoms with Crippen LogP contribution < -0.4 is 5.32 Å². The van der Waals surface area contributed by atoms with Gasteiger partial charge in [0.15, 0.2) is 0 Å². The molecule has 0 unspecified atom stereocenters. The summed E-state index contributed by atoms with van der Waals surface area (Å²) in [5.74, 6) is 1.05. The van der Waals surface area contributed by atoms with Gasteiger partial charge in [0.25, 0.3) is 0 Å². The monoisotopic (exact) mass is 295 g/mol. The van der Waals surface area contributed by atoms with Crippen molar-refractivity contribution in [3.8, 4) is 11.3 Å². The van der Waals surface area contributed by atoms with Crippen LogP contribution in [0.4, 0.5) is 19.0 Å². The van der Waals surface area contributed by atoms with Gasteiger partial charge >= 0.3 is 6.18 Å². The molecule has 0 atom stereocenters. The maximum atomic E-state index is 13.1. The van der Waals surface area contributed by atoms with Crippen molar-refractivity contribution in [2.24, 2.45) is 0 Å². The van der Waals surface area contributed by atoms with Gasteiger partial charge in [0.05, 0.1) is 11.3 Å². The SMILES string of the molecule is CCCc1nc(NC)cc(-c2ccccc2C(F)(F)F)n1. The van der Waals surface area contributed by atoms with Gasteiger partial charge in [0, 0.05) is 25.1 Å². The number of aromatic nitrogens is 2. The van der Waals surface area contributed by atoms with Crippen LogP contribution in [0, 0.1) is 0 Å². The van der Waals surface area contributed by atoms with E-state index in [9.17, 15) is 13.2 Å². The number of anilines is 1. The van der Waals surface area contributed by atoms with E-state index < -0.39 is 11.7 Å². The maximum Gasteiger partial charge on any atom is 0.417 e. The molecule has 1 heterocycles. The summed E-state index contributed by atoms with van der Waals surface area (Å²) in [6.07, 6.45) is -2.96. The van der Waals surface area contributed by atoms with Crippen molar-refractivity contribution in [1.29, 1.82) is 0 Å². The molecule has 0 saturated carbocycles. The summed E-state index contributed by atoms with van der Waals surface area (Å²) in [4.78, 5) is 8.52. The zero-order valence-electron chi connectivity index (χ0n) is 11.8. The van der Waals surface area contributed by atoms with Gasteiger partial charge in [-0.2, -0.15) is 13.2 Å². The van der Waals surface area contributed by atoms with Crippen molar-refractivity contribution in [2.75, 3.05) is 12.4 Å². The highest BCUT2D eigenvalue weighted by atomic mass is 19.4. The molecule has 0 amide bonds. The standard InChI is InChI=1S/C15H16F3N3/c1-3-6-13-20-12(9-14(19-2)21-13)10-7-4-5-8-11(10)15(16,17)18/h4-5,7-9H,3,6H2,1-2H3,(H,19,20,21). The predicted molar refractivity (Wildman–Crippen MR) is 76.0 cm³/mol. The van der Waals surface area contributed by atoms with Crippen molar-refractivity contribution < 1.29 is 13.2 Å². The Hall–Kier alpha value is -2.11. The fourth-order valence-electron chi connectivity index (χ4n) is 2.05. The second-order valence-corrected chi connectivity index (χ2v) is 4.60. The van der Waals surface area contributed by atoms with Crippen LogP contribution in [0.25, 0.3) is 11.3 Å². The zero-order chi connectivity index (χ0) is 15.5. The number of rotatable bonds is 4. The van der Waals surface area contributed by atoms with Crippen molar-refractivity contribution in [3.63, 3.8) is 0 Å². The van der Waals surface area contributed by atoms with Gasteiger partial charge in [-0.1, -0.05) is 25.1 Å². The first-order valence-electron chi connectivity index (χ1n) is 6.68. The van der Waals surface area contributed by atoms with E-state index in [0.717, 1.165) is 12.5 Å². The molecular weight excluding hydrogens is 279 g/mol. The lowest BCUT2D eigenvalue weighted by atomic mass is 10.0. The van der Waals surface area contributed by atoms with Gasteiger partial charge in [0.1, 0.15) is 11.6 Å². The van der Waals surface area contributed by atoms with Crippen molar-refractivity contribution in [1.82, 2.24) is 9.97 Å². The van der Waals surface area contributed by atoms with Crippen LogP contribution >= 0.6 is 0 Å². The lowest BCUT2D eigenvalue weighted by molar-refractivity contribution is -0.137. The largest absolute Gasteiger partial charge is 0.417 e. The number of benzene rings is 1. The number of hydrogen-bond acceptors (Lipinski definition) is 3. The second-order valence-electron chi connectivity index (χ2n) is 4.60. The van der Waals surface area contributed by atoms with E-state index in [1.54, 1.807) is 13.1 Å². The molecule has 1 N–H and O–H groups in total. The maximum absolute atomic E-state index is 13.1. The Kier molecular flexibility index (Phi) is 4.45. The molecule has 1 aromatic carbocycles. The van der Waals surface area contributed by atoms with Crippen LogP contribution in [0.1, 0.15) is 24.7 Å². The average molecular weight is 295 g/mol. The molecule has 0 radical (unpaired) electrons. The van der Waals surface area contributed by atoms with Gasteiger partial charge in [0.2, 0.25) is 0 Å². The number of alkyl halides is 3. The minimum atomic E-state index is -4.41. The summed E-state index contributed by atoms with van der Waals surface area (Å²) in [6.45, 7) is 1.97. The van der Waals surface area contributed by atoms with Crippen molar-refractivity contribution in [2.45, 2.75) is 25.9 Å². The Balaban J connectivity index is 2.59. The molecule has 112 valence electrons. The summed E-state index contributed by atoms with van der Waals surface area (Å²) >= 11 is 0. The lowest BCUT2D eigenvalue weighted by Gasteiger charge is -2.13. The molecule has 0 saturated heterocycles. The summed E-state index contributed by atoms with van der Waals surface area (Å²) in [5, 5.41) is 2.86. The zero-order valence-corrected chi connectivity index (χ0v) is 11.8. The fraction of sp³-hybridized carbons (Fsp3) is 0.333. The number of nitrogens with one attached hydrogen (secondary N) is 1. The first-order valence-corrected chi connectivity index (χ1v) is 6.68. The van der Waals surface area contributed by atoms with Crippen LogP contribution in [-0.2, 0) is 12.6 Å². The Bertz CT molecular complexity index is 624. The summed E-state index contributed by atoms with van der Waals surface area (Å²) in [5.41, 5.74) is -0.333. The summed E-state index contributed by atoms with van der Waals surface area (Å²) in [6, 6.07) is 6.98. The van der Waals surface area contributed by atoms with E-state index in [1.807, 2.05) is 6.92 Å². The Labute approximate surface area is 121 Å². The predicted octanol–water partition coefficient (Wildman–Crippen LogP) is 4.16. The van der Waals surface area contributed by atoms with Crippen molar-refractivity contribution in [3.05, 3.63) is 41.7 Å². The van der Waals surface area contributed by atoms with E-state index in [2.05, 4.69) is 15.3 Å². The topological polar surface area (TPSA) is 37.8 Å². The molecule has 2 aromatic rings. The molecule has 21 heavy (non-hydrogen) atoms. The van der Waals surface area contributed by atoms with Crippen molar-refractivity contribution >= 4 is 5.82 Å². The normalized spacial score (nSPS) is 11.5. The molecule has 1 aromatic heterocycles. The third-order valence-electron chi connectivity index (χ3n) is 3.01. The number of halogens is 3. The molecule has 0 aliphatic carbocycles. The van der Waals surface area contributed by atoms with Gasteiger partial charge in [-0.05, 0) is 12.5 Å². The van der Waals surface area contributed by atoms with Crippen LogP contribution in [0.2, 0.25) is 0 Å². The van der Waals surface area contributed by atoms with Crippen LogP contribution in [0.3, 0.4) is 0 Å². The van der Waals surface area contributed by atoms with Gasteiger partial charge in [-0.25, -0.2) is 9.97 Å². The highest BCUT2D eigenvalue weighted by Crippen LogP contribution is 2.36. The molecule has 0 aliphatic rings. The van der Waals surface area contributed by atoms with E-state index in [1.165, 1.54) is 18.2 Å².